The summed E-state index contributed by atoms with van der Waals surface area (Å²) in [5.74, 6) is -1.38. The summed E-state index contributed by atoms with van der Waals surface area (Å²) in [5, 5.41) is 11.1. The van der Waals surface area contributed by atoms with Crippen LogP contribution in [0.3, 0.4) is 0 Å². The normalized spacial score (nSPS) is 30.3. The predicted octanol–water partition coefficient (Wildman–Crippen LogP) is 5.55. The zero-order chi connectivity index (χ0) is 25.4. The third-order valence-electron chi connectivity index (χ3n) is 9.07. The largest absolute Gasteiger partial charge is 0.417 e. The van der Waals surface area contributed by atoms with Crippen LogP contribution in [0.4, 0.5) is 5.69 Å². The van der Waals surface area contributed by atoms with Crippen LogP contribution >= 0.6 is 0 Å². The van der Waals surface area contributed by atoms with Gasteiger partial charge in [-0.15, -0.1) is 0 Å². The van der Waals surface area contributed by atoms with Crippen LogP contribution < -0.4 is 4.90 Å². The maximum absolute atomic E-state index is 14.0. The molecule has 5 rings (SSSR count). The Morgan fingerprint density at radius 3 is 2.40 bits per heavy atom. The van der Waals surface area contributed by atoms with Crippen molar-refractivity contribution in [2.75, 3.05) is 11.5 Å². The summed E-state index contributed by atoms with van der Waals surface area (Å²) >= 11 is 0. The smallest absolute Gasteiger partial charge is 0.240 e. The number of amides is 2. The molecule has 35 heavy (non-hydrogen) atoms. The third kappa shape index (κ3) is 3.41. The lowest BCUT2D eigenvalue weighted by atomic mass is 9.67. The second kappa shape index (κ2) is 7.73. The van der Waals surface area contributed by atoms with E-state index in [0.29, 0.717) is 24.3 Å². The number of anilines is 1. The Kier molecular flexibility index (Phi) is 5.34. The minimum atomic E-state index is -1.94. The van der Waals surface area contributed by atoms with Gasteiger partial charge in [0.2, 0.25) is 11.8 Å². The number of carbonyl (C=O) groups is 2. The van der Waals surface area contributed by atoms with Gasteiger partial charge in [-0.05, 0) is 56.5 Å². The fraction of sp³-hybridized carbons (Fsp3) is 0.536. The zero-order valence-corrected chi connectivity index (χ0v) is 22.5. The van der Waals surface area contributed by atoms with Crippen molar-refractivity contribution in [1.29, 1.82) is 5.26 Å². The van der Waals surface area contributed by atoms with Crippen molar-refractivity contribution in [3.8, 4) is 6.07 Å². The molecule has 0 spiro atoms. The van der Waals surface area contributed by atoms with Crippen molar-refractivity contribution in [3.63, 3.8) is 0 Å². The number of hydrogen-bond donors (Lipinski definition) is 0. The number of fused-ring (bicyclic) bond motifs is 6. The fourth-order valence-electron chi connectivity index (χ4n) is 6.12. The first-order valence-electron chi connectivity index (χ1n) is 12.5. The molecular weight excluding hydrogens is 456 g/mol. The second-order valence-corrected chi connectivity index (χ2v) is 16.9. The molecule has 2 bridgehead atoms. The molecule has 0 saturated carbocycles. The Labute approximate surface area is 208 Å². The standard InChI is InChI=1S/C28H34N2O4Si/c1-26(2,3)35(5,6)33-16-15-28-14-13-27(4,34-28)22-23(28)25(32)30(24(22)31)21-12-11-18(17-29)19-9-7-8-10-20(19)21/h7-12,22-23H,13-16H2,1-6H3/t22-,23+,27-,28-/m1/s1. The molecule has 2 amide bonds. The van der Waals surface area contributed by atoms with E-state index in [9.17, 15) is 14.9 Å². The van der Waals surface area contributed by atoms with Gasteiger partial charge in [-0.2, -0.15) is 5.26 Å². The Morgan fingerprint density at radius 1 is 1.09 bits per heavy atom. The lowest BCUT2D eigenvalue weighted by Crippen LogP contribution is -2.45. The maximum atomic E-state index is 14.0. The SMILES string of the molecule is CC(C)(C)[Si](C)(C)OCC[C@@]12CC[C@@](C)(O1)[C@H]1C(=O)N(c3ccc(C#N)c4ccccc34)C(=O)[C@H]12. The maximum Gasteiger partial charge on any atom is 0.240 e. The summed E-state index contributed by atoms with van der Waals surface area (Å²) in [7, 11) is -1.94. The molecule has 7 heteroatoms. The van der Waals surface area contributed by atoms with E-state index in [1.54, 1.807) is 12.1 Å². The van der Waals surface area contributed by atoms with Crippen LogP contribution in [-0.4, -0.2) is 37.9 Å². The zero-order valence-electron chi connectivity index (χ0n) is 21.5. The number of rotatable bonds is 5. The molecule has 184 valence electrons. The van der Waals surface area contributed by atoms with Crippen molar-refractivity contribution < 1.29 is 18.8 Å². The first-order valence-corrected chi connectivity index (χ1v) is 15.4. The molecule has 6 nitrogen and oxygen atoms in total. The molecule has 0 N–H and O–H groups in total. The van der Waals surface area contributed by atoms with Gasteiger partial charge in [-0.3, -0.25) is 9.59 Å². The number of benzene rings is 2. The summed E-state index contributed by atoms with van der Waals surface area (Å²) in [5.41, 5.74) is -0.241. The highest BCUT2D eigenvalue weighted by Gasteiger charge is 2.73. The molecule has 0 aliphatic carbocycles. The van der Waals surface area contributed by atoms with E-state index < -0.39 is 31.4 Å². The Balaban J connectivity index is 1.49. The lowest BCUT2D eigenvalue weighted by Gasteiger charge is -2.38. The molecule has 4 atom stereocenters. The first-order chi connectivity index (χ1) is 16.4. The van der Waals surface area contributed by atoms with Gasteiger partial charge in [-0.1, -0.05) is 45.0 Å². The molecule has 0 unspecified atom stereocenters. The lowest BCUT2D eigenvalue weighted by molar-refractivity contribution is -0.131. The van der Waals surface area contributed by atoms with E-state index in [-0.39, 0.29) is 16.9 Å². The Bertz CT molecular complexity index is 1280. The van der Waals surface area contributed by atoms with Crippen molar-refractivity contribution in [2.45, 2.75) is 76.3 Å². The molecule has 3 heterocycles. The van der Waals surface area contributed by atoms with Crippen molar-refractivity contribution in [3.05, 3.63) is 42.0 Å². The summed E-state index contributed by atoms with van der Waals surface area (Å²) in [6, 6.07) is 13.1. The van der Waals surface area contributed by atoms with Gasteiger partial charge in [0.15, 0.2) is 8.32 Å². The average Bonchev–Trinajstić information content (AvgIpc) is 3.37. The monoisotopic (exact) mass is 490 g/mol. The summed E-state index contributed by atoms with van der Waals surface area (Å²) < 4.78 is 13.0. The quantitative estimate of drug-likeness (QED) is 0.405. The van der Waals surface area contributed by atoms with Crippen molar-refractivity contribution in [1.82, 2.24) is 0 Å². The topological polar surface area (TPSA) is 79.6 Å². The summed E-state index contributed by atoms with van der Waals surface area (Å²) in [6.45, 7) is 13.6. The number of nitrogens with zero attached hydrogens (tertiary/aromatic N) is 2. The number of carbonyl (C=O) groups excluding carboxylic acids is 2. The summed E-state index contributed by atoms with van der Waals surface area (Å²) in [6.07, 6.45) is 2.12. The highest BCUT2D eigenvalue weighted by molar-refractivity contribution is 6.74. The van der Waals surface area contributed by atoms with Gasteiger partial charge in [-0.25, -0.2) is 4.90 Å². The van der Waals surface area contributed by atoms with Crippen LogP contribution in [0.25, 0.3) is 10.8 Å². The van der Waals surface area contributed by atoms with Crippen LogP contribution in [0, 0.1) is 23.2 Å². The van der Waals surface area contributed by atoms with Crippen molar-refractivity contribution >= 4 is 36.6 Å². The Hall–Kier alpha value is -2.53. The summed E-state index contributed by atoms with van der Waals surface area (Å²) in [4.78, 5) is 29.2. The van der Waals surface area contributed by atoms with Crippen molar-refractivity contribution in [2.24, 2.45) is 11.8 Å². The van der Waals surface area contributed by atoms with Gasteiger partial charge >= 0.3 is 0 Å². The van der Waals surface area contributed by atoms with Gasteiger partial charge < -0.3 is 9.16 Å². The minimum absolute atomic E-state index is 0.0977. The van der Waals surface area contributed by atoms with Crippen LogP contribution in [-0.2, 0) is 18.8 Å². The van der Waals surface area contributed by atoms with E-state index in [4.69, 9.17) is 9.16 Å². The molecule has 3 saturated heterocycles. The molecule has 0 aromatic heterocycles. The molecular formula is C28H34N2O4Si. The van der Waals surface area contributed by atoms with E-state index in [1.165, 1.54) is 4.90 Å². The number of hydrogen-bond acceptors (Lipinski definition) is 5. The number of nitriles is 1. The van der Waals surface area contributed by atoms with E-state index in [2.05, 4.69) is 39.9 Å². The van der Waals surface area contributed by atoms with Gasteiger partial charge in [0.1, 0.15) is 0 Å². The van der Waals surface area contributed by atoms with Gasteiger partial charge in [0.25, 0.3) is 0 Å². The average molecular weight is 491 g/mol. The van der Waals surface area contributed by atoms with Crippen LogP contribution in [0.1, 0.15) is 52.5 Å². The molecule has 3 fully saturated rings. The van der Waals surface area contributed by atoms with Crippen LogP contribution in [0.2, 0.25) is 18.1 Å². The predicted molar refractivity (Wildman–Crippen MR) is 137 cm³/mol. The number of ether oxygens (including phenoxy) is 1. The molecule has 3 aliphatic heterocycles. The van der Waals surface area contributed by atoms with Crippen LogP contribution in [0.5, 0.6) is 0 Å². The molecule has 0 radical (unpaired) electrons. The highest BCUT2D eigenvalue weighted by Crippen LogP contribution is 2.62. The number of imide groups is 1. The fourth-order valence-corrected chi connectivity index (χ4v) is 7.16. The van der Waals surface area contributed by atoms with Gasteiger partial charge in [0.05, 0.1) is 40.4 Å². The Morgan fingerprint density at radius 2 is 1.74 bits per heavy atom. The van der Waals surface area contributed by atoms with E-state index >= 15 is 0 Å². The highest BCUT2D eigenvalue weighted by atomic mass is 28.4. The molecule has 3 aliphatic rings. The van der Waals surface area contributed by atoms with E-state index in [1.807, 2.05) is 31.2 Å². The minimum Gasteiger partial charge on any atom is -0.417 e. The second-order valence-electron chi connectivity index (χ2n) is 12.1. The first kappa shape index (κ1) is 24.2. The van der Waals surface area contributed by atoms with Crippen LogP contribution in [0.15, 0.2) is 36.4 Å². The molecule has 2 aromatic rings. The third-order valence-corrected chi connectivity index (χ3v) is 13.6. The van der Waals surface area contributed by atoms with Gasteiger partial charge in [0, 0.05) is 17.4 Å². The molecule has 2 aromatic carbocycles. The van der Waals surface area contributed by atoms with E-state index in [0.717, 1.165) is 23.6 Å².